The smallest absolute Gasteiger partial charge is 0.344 e. The highest BCUT2D eigenvalue weighted by Gasteiger charge is 2.16. The van der Waals surface area contributed by atoms with Crippen LogP contribution < -0.4 is 5.32 Å². The summed E-state index contributed by atoms with van der Waals surface area (Å²) in [4.78, 5) is 25.7. The van der Waals surface area contributed by atoms with Crippen molar-refractivity contribution in [3.8, 4) is 11.1 Å². The zero-order valence-electron chi connectivity index (χ0n) is 11.5. The second-order valence-corrected chi connectivity index (χ2v) is 5.26. The molecule has 0 spiro atoms. The summed E-state index contributed by atoms with van der Waals surface area (Å²) in [5, 5.41) is 21.2. The minimum absolute atomic E-state index is 0.408. The van der Waals surface area contributed by atoms with Crippen LogP contribution in [0.5, 0.6) is 0 Å². The molecule has 0 fully saturated rings. The molecule has 0 unspecified atom stereocenters. The number of carbonyl (C=O) groups is 2. The number of aromatic nitrogens is 1. The molecule has 3 N–H and O–H groups in total. The molecule has 0 aliphatic rings. The molecule has 0 amide bonds. The summed E-state index contributed by atoms with van der Waals surface area (Å²) in [6.07, 6.45) is 3.85. The second-order valence-electron chi connectivity index (χ2n) is 4.39. The molecule has 0 saturated heterocycles. The van der Waals surface area contributed by atoms with E-state index >= 15 is 0 Å². The number of benzene rings is 1. The van der Waals surface area contributed by atoms with E-state index in [4.69, 9.17) is 33.4 Å². The highest BCUT2D eigenvalue weighted by molar-refractivity contribution is 6.35. The number of rotatable bonds is 5. The van der Waals surface area contributed by atoms with Gasteiger partial charge in [-0.1, -0.05) is 23.2 Å². The number of carboxylic acid groups (broad SMARTS) is 2. The van der Waals surface area contributed by atoms with E-state index in [1.54, 1.807) is 24.3 Å². The quantitative estimate of drug-likeness (QED) is 0.432. The first kappa shape index (κ1) is 16.8. The number of nitrogens with zero attached hydrogens (tertiary/aromatic N) is 1. The number of hydrogen-bond donors (Lipinski definition) is 3. The summed E-state index contributed by atoms with van der Waals surface area (Å²) < 4.78 is 0. The third-order valence-corrected chi connectivity index (χ3v) is 3.26. The molecular formula is C15H10Cl2N2O4. The van der Waals surface area contributed by atoms with Gasteiger partial charge in [0.15, 0.2) is 5.57 Å². The third-order valence-electron chi connectivity index (χ3n) is 2.83. The van der Waals surface area contributed by atoms with Crippen LogP contribution in [-0.2, 0) is 9.59 Å². The molecule has 1 aromatic heterocycles. The van der Waals surface area contributed by atoms with E-state index in [0.717, 1.165) is 6.20 Å². The molecule has 118 valence electrons. The maximum Gasteiger partial charge on any atom is 0.344 e. The molecule has 0 atom stereocenters. The zero-order chi connectivity index (χ0) is 17.0. The molecule has 0 radical (unpaired) electrons. The van der Waals surface area contributed by atoms with Crippen molar-refractivity contribution in [2.24, 2.45) is 0 Å². The average molecular weight is 353 g/mol. The first-order valence-electron chi connectivity index (χ1n) is 6.22. The second kappa shape index (κ2) is 7.13. The van der Waals surface area contributed by atoms with Crippen molar-refractivity contribution < 1.29 is 19.8 Å². The molecule has 8 heteroatoms. The molecule has 0 saturated carbocycles. The minimum atomic E-state index is -1.55. The first-order chi connectivity index (χ1) is 10.9. The van der Waals surface area contributed by atoms with Gasteiger partial charge in [0.1, 0.15) is 0 Å². The normalized spacial score (nSPS) is 10.0. The lowest BCUT2D eigenvalue weighted by atomic mass is 10.1. The number of anilines is 1. The van der Waals surface area contributed by atoms with Crippen molar-refractivity contribution in [1.82, 2.24) is 4.98 Å². The molecule has 2 rings (SSSR count). The van der Waals surface area contributed by atoms with Crippen LogP contribution in [0.3, 0.4) is 0 Å². The van der Waals surface area contributed by atoms with Crippen LogP contribution in [0.4, 0.5) is 5.69 Å². The predicted octanol–water partition coefficient (Wildman–Crippen LogP) is 3.52. The monoisotopic (exact) mass is 352 g/mol. The Morgan fingerprint density at radius 2 is 1.70 bits per heavy atom. The largest absolute Gasteiger partial charge is 0.477 e. The Hall–Kier alpha value is -2.57. The van der Waals surface area contributed by atoms with Gasteiger partial charge in [0.05, 0.1) is 11.9 Å². The van der Waals surface area contributed by atoms with Crippen LogP contribution in [-0.4, -0.2) is 27.1 Å². The Morgan fingerprint density at radius 3 is 2.26 bits per heavy atom. The summed E-state index contributed by atoms with van der Waals surface area (Å²) in [7, 11) is 0. The van der Waals surface area contributed by atoms with Gasteiger partial charge in [-0.2, -0.15) is 0 Å². The molecule has 6 nitrogen and oxygen atoms in total. The van der Waals surface area contributed by atoms with E-state index in [-0.39, 0.29) is 0 Å². The van der Waals surface area contributed by atoms with Crippen LogP contribution in [0.15, 0.2) is 48.4 Å². The van der Waals surface area contributed by atoms with Crippen molar-refractivity contribution in [2.75, 3.05) is 5.32 Å². The first-order valence-corrected chi connectivity index (χ1v) is 6.98. The van der Waals surface area contributed by atoms with Gasteiger partial charge >= 0.3 is 11.9 Å². The number of aliphatic carboxylic acids is 2. The van der Waals surface area contributed by atoms with Crippen LogP contribution >= 0.6 is 23.2 Å². The van der Waals surface area contributed by atoms with E-state index in [9.17, 15) is 9.59 Å². The zero-order valence-corrected chi connectivity index (χ0v) is 13.0. The van der Waals surface area contributed by atoms with Gasteiger partial charge in [-0.25, -0.2) is 9.59 Å². The SMILES string of the molecule is O=C(O)C(=CNc1cnccc1-c1cc(Cl)cc(Cl)c1)C(=O)O. The summed E-state index contributed by atoms with van der Waals surface area (Å²) in [6.45, 7) is 0. The lowest BCUT2D eigenvalue weighted by molar-refractivity contribution is -0.140. The number of nitrogens with one attached hydrogen (secondary N) is 1. The summed E-state index contributed by atoms with van der Waals surface area (Å²) in [6, 6.07) is 6.59. The van der Waals surface area contributed by atoms with E-state index in [1.165, 1.54) is 12.4 Å². The number of pyridine rings is 1. The lowest BCUT2D eigenvalue weighted by Gasteiger charge is -2.10. The molecule has 0 aliphatic carbocycles. The van der Waals surface area contributed by atoms with Crippen molar-refractivity contribution >= 4 is 40.8 Å². The highest BCUT2D eigenvalue weighted by atomic mass is 35.5. The standard InChI is InChI=1S/C15H10Cl2N2O4/c16-9-3-8(4-10(17)5-9)11-1-2-18-7-13(11)19-6-12(14(20)21)15(22)23/h1-7,19H,(H,20,21)(H,22,23). The summed E-state index contributed by atoms with van der Waals surface area (Å²) in [5.74, 6) is -3.11. The van der Waals surface area contributed by atoms with Crippen molar-refractivity contribution in [3.05, 3.63) is 58.5 Å². The maximum absolute atomic E-state index is 10.9. The van der Waals surface area contributed by atoms with Crippen molar-refractivity contribution in [2.45, 2.75) is 0 Å². The van der Waals surface area contributed by atoms with Crippen molar-refractivity contribution in [3.63, 3.8) is 0 Å². The average Bonchev–Trinajstić information content (AvgIpc) is 2.46. The predicted molar refractivity (Wildman–Crippen MR) is 86.7 cm³/mol. The Labute approximate surface area is 141 Å². The Balaban J connectivity index is 2.44. The summed E-state index contributed by atoms with van der Waals surface area (Å²) >= 11 is 12.0. The minimum Gasteiger partial charge on any atom is -0.477 e. The molecule has 0 aliphatic heterocycles. The highest BCUT2D eigenvalue weighted by Crippen LogP contribution is 2.31. The molecule has 0 bridgehead atoms. The fourth-order valence-corrected chi connectivity index (χ4v) is 2.36. The van der Waals surface area contributed by atoms with Gasteiger partial charge < -0.3 is 15.5 Å². The third kappa shape index (κ3) is 4.21. The van der Waals surface area contributed by atoms with Gasteiger partial charge in [0, 0.05) is 28.0 Å². The van der Waals surface area contributed by atoms with Gasteiger partial charge in [0.25, 0.3) is 0 Å². The Bertz CT molecular complexity index is 770. The van der Waals surface area contributed by atoms with Gasteiger partial charge in [0.2, 0.25) is 0 Å². The number of halogens is 2. The van der Waals surface area contributed by atoms with Gasteiger partial charge in [-0.05, 0) is 29.8 Å². The number of carboxylic acids is 2. The Kier molecular flexibility index (Phi) is 5.20. The van der Waals surface area contributed by atoms with Crippen molar-refractivity contribution in [1.29, 1.82) is 0 Å². The van der Waals surface area contributed by atoms with Crippen LogP contribution in [0.1, 0.15) is 0 Å². The summed E-state index contributed by atoms with van der Waals surface area (Å²) in [5.41, 5.74) is 0.915. The topological polar surface area (TPSA) is 99.5 Å². The molecule has 2 aromatic rings. The fourth-order valence-electron chi connectivity index (χ4n) is 1.84. The van der Waals surface area contributed by atoms with Gasteiger partial charge in [-0.15, -0.1) is 0 Å². The van der Waals surface area contributed by atoms with Gasteiger partial charge in [-0.3, -0.25) is 4.98 Å². The van der Waals surface area contributed by atoms with E-state index in [0.29, 0.717) is 26.9 Å². The number of hydrogen-bond acceptors (Lipinski definition) is 4. The Morgan fingerprint density at radius 1 is 1.09 bits per heavy atom. The molecule has 1 aromatic carbocycles. The van der Waals surface area contributed by atoms with E-state index in [1.807, 2.05) is 0 Å². The molecular weight excluding hydrogens is 343 g/mol. The van der Waals surface area contributed by atoms with Crippen LogP contribution in [0.25, 0.3) is 11.1 Å². The fraction of sp³-hybridized carbons (Fsp3) is 0. The molecule has 1 heterocycles. The van der Waals surface area contributed by atoms with Crippen LogP contribution in [0.2, 0.25) is 10.0 Å². The van der Waals surface area contributed by atoms with E-state index in [2.05, 4.69) is 10.3 Å². The molecule has 23 heavy (non-hydrogen) atoms. The van der Waals surface area contributed by atoms with E-state index < -0.39 is 17.5 Å². The lowest BCUT2D eigenvalue weighted by Crippen LogP contribution is -2.13. The van der Waals surface area contributed by atoms with Crippen LogP contribution in [0, 0.1) is 0 Å². The maximum atomic E-state index is 10.9.